The van der Waals surface area contributed by atoms with E-state index in [0.29, 0.717) is 30.1 Å². The fourth-order valence-electron chi connectivity index (χ4n) is 4.28. The van der Waals surface area contributed by atoms with E-state index in [1.807, 2.05) is 4.90 Å². The summed E-state index contributed by atoms with van der Waals surface area (Å²) in [5, 5.41) is 9.55. The molecule has 1 aliphatic carbocycles. The zero-order valence-electron chi connectivity index (χ0n) is 14.2. The Bertz CT molecular complexity index is 653. The van der Waals surface area contributed by atoms with Gasteiger partial charge in [-0.15, -0.1) is 0 Å². The molecule has 4 nitrogen and oxygen atoms in total. The first-order chi connectivity index (χ1) is 11.5. The van der Waals surface area contributed by atoms with Crippen LogP contribution in [0.15, 0.2) is 18.2 Å². The highest BCUT2D eigenvalue weighted by Gasteiger charge is 2.55. The van der Waals surface area contributed by atoms with E-state index >= 15 is 0 Å². The molecule has 0 bridgehead atoms. The lowest BCUT2D eigenvalue weighted by molar-refractivity contribution is -0.0200. The molecule has 3 aliphatic rings. The zero-order chi connectivity index (χ0) is 16.9. The van der Waals surface area contributed by atoms with Crippen LogP contribution in [0, 0.1) is 24.6 Å². The maximum absolute atomic E-state index is 13.7. The molecule has 1 saturated carbocycles. The fraction of sp³-hybridized carbons (Fsp3) is 0.632. The number of hydrogen-bond donors (Lipinski definition) is 1. The molecule has 1 N–H and O–H groups in total. The van der Waals surface area contributed by atoms with Crippen molar-refractivity contribution in [1.29, 1.82) is 0 Å². The molecule has 130 valence electrons. The lowest BCUT2D eigenvalue weighted by atomic mass is 9.84. The third kappa shape index (κ3) is 2.74. The highest BCUT2D eigenvalue weighted by Crippen LogP contribution is 2.43. The van der Waals surface area contributed by atoms with E-state index in [0.717, 1.165) is 25.4 Å². The lowest BCUT2D eigenvalue weighted by Gasteiger charge is -2.53. The average Bonchev–Trinajstić information content (AvgIpc) is 3.26. The van der Waals surface area contributed by atoms with E-state index in [-0.39, 0.29) is 23.9 Å². The first-order valence-electron chi connectivity index (χ1n) is 8.92. The predicted molar refractivity (Wildman–Crippen MR) is 89.3 cm³/mol. The van der Waals surface area contributed by atoms with Crippen LogP contribution in [0.4, 0.5) is 4.39 Å². The number of halogens is 1. The third-order valence-corrected chi connectivity index (χ3v) is 5.93. The Labute approximate surface area is 142 Å². The summed E-state index contributed by atoms with van der Waals surface area (Å²) in [6.07, 6.45) is 3.57. The van der Waals surface area contributed by atoms with Gasteiger partial charge in [-0.2, -0.15) is 0 Å². The predicted octanol–water partition coefficient (Wildman–Crippen LogP) is 2.05. The second-order valence-corrected chi connectivity index (χ2v) is 7.95. The number of benzene rings is 1. The van der Waals surface area contributed by atoms with Gasteiger partial charge in [-0.05, 0) is 55.7 Å². The number of aryl methyl sites for hydroxylation is 1. The molecule has 2 heterocycles. The number of nitrogens with zero attached hydrogens (tertiary/aromatic N) is 2. The van der Waals surface area contributed by atoms with E-state index in [1.165, 1.54) is 18.9 Å². The van der Waals surface area contributed by atoms with Gasteiger partial charge in [0.05, 0.1) is 5.54 Å². The van der Waals surface area contributed by atoms with E-state index in [4.69, 9.17) is 0 Å². The Kier molecular flexibility index (Phi) is 3.88. The van der Waals surface area contributed by atoms with Crippen LogP contribution in [0.3, 0.4) is 0 Å². The van der Waals surface area contributed by atoms with Gasteiger partial charge in [-0.1, -0.05) is 6.07 Å². The molecular formula is C19H25FN2O2. The Morgan fingerprint density at radius 3 is 2.71 bits per heavy atom. The van der Waals surface area contributed by atoms with Crippen LogP contribution in [0.5, 0.6) is 0 Å². The Balaban J connectivity index is 1.45. The van der Waals surface area contributed by atoms with Gasteiger partial charge >= 0.3 is 0 Å². The summed E-state index contributed by atoms with van der Waals surface area (Å²) >= 11 is 0. The van der Waals surface area contributed by atoms with E-state index in [2.05, 4.69) is 4.90 Å². The third-order valence-electron chi connectivity index (χ3n) is 5.93. The Hall–Kier alpha value is -1.46. The minimum absolute atomic E-state index is 0.0366. The average molecular weight is 332 g/mol. The second-order valence-electron chi connectivity index (χ2n) is 7.95. The Morgan fingerprint density at radius 1 is 1.33 bits per heavy atom. The van der Waals surface area contributed by atoms with Gasteiger partial charge in [0, 0.05) is 38.3 Å². The van der Waals surface area contributed by atoms with Crippen LogP contribution in [0.1, 0.15) is 35.2 Å². The van der Waals surface area contributed by atoms with Crippen LogP contribution in [-0.2, 0) is 0 Å². The number of likely N-dealkylation sites (tertiary alicyclic amines) is 2. The summed E-state index contributed by atoms with van der Waals surface area (Å²) in [7, 11) is 0. The monoisotopic (exact) mass is 332 g/mol. The van der Waals surface area contributed by atoms with Crippen LogP contribution < -0.4 is 0 Å². The molecule has 1 spiro atoms. The number of carbonyl (C=O) groups is 1. The van der Waals surface area contributed by atoms with Gasteiger partial charge in [-0.3, -0.25) is 9.69 Å². The van der Waals surface area contributed by atoms with Crippen LogP contribution in [0.2, 0.25) is 0 Å². The minimum atomic E-state index is -0.326. The molecule has 3 fully saturated rings. The lowest BCUT2D eigenvalue weighted by Crippen LogP contribution is -2.69. The number of carbonyl (C=O) groups excluding carboxylic acids is 1. The van der Waals surface area contributed by atoms with Crippen LogP contribution in [0.25, 0.3) is 0 Å². The zero-order valence-corrected chi connectivity index (χ0v) is 14.2. The van der Waals surface area contributed by atoms with Gasteiger partial charge in [0.2, 0.25) is 0 Å². The van der Waals surface area contributed by atoms with Crippen molar-refractivity contribution in [1.82, 2.24) is 9.80 Å². The number of amides is 1. The van der Waals surface area contributed by atoms with E-state index < -0.39 is 0 Å². The summed E-state index contributed by atoms with van der Waals surface area (Å²) in [6.45, 7) is 5.35. The first-order valence-corrected chi connectivity index (χ1v) is 8.92. The highest BCUT2D eigenvalue weighted by molar-refractivity contribution is 5.95. The number of hydrogen-bond acceptors (Lipinski definition) is 3. The molecule has 2 saturated heterocycles. The summed E-state index contributed by atoms with van der Waals surface area (Å²) < 4.78 is 13.7. The topological polar surface area (TPSA) is 43.8 Å². The molecule has 2 aliphatic heterocycles. The van der Waals surface area contributed by atoms with Gasteiger partial charge in [-0.25, -0.2) is 4.39 Å². The smallest absolute Gasteiger partial charge is 0.254 e. The molecule has 0 aromatic heterocycles. The molecule has 1 atom stereocenters. The van der Waals surface area contributed by atoms with Gasteiger partial charge in [0.15, 0.2) is 0 Å². The first kappa shape index (κ1) is 16.0. The van der Waals surface area contributed by atoms with Crippen molar-refractivity contribution >= 4 is 5.91 Å². The van der Waals surface area contributed by atoms with Crippen molar-refractivity contribution in [3.8, 4) is 0 Å². The summed E-state index contributed by atoms with van der Waals surface area (Å²) in [5.41, 5.74) is 1.02. The standard InChI is InChI=1S/C19H25FN2O2/c1-13-2-5-16(6-17(13)20)18(24)21-11-19(12-21)7-15(10-23)9-22(19)8-14-3-4-14/h2,5-6,14-15,23H,3-4,7-12H2,1H3/t15-/m1/s1. The maximum Gasteiger partial charge on any atom is 0.254 e. The molecular weight excluding hydrogens is 307 g/mol. The molecule has 24 heavy (non-hydrogen) atoms. The summed E-state index contributed by atoms with van der Waals surface area (Å²) in [6, 6.07) is 4.71. The molecule has 1 amide bonds. The molecule has 5 heteroatoms. The van der Waals surface area contributed by atoms with Gasteiger partial charge in [0.25, 0.3) is 5.91 Å². The number of rotatable bonds is 4. The number of aliphatic hydroxyl groups excluding tert-OH is 1. The normalized spacial score (nSPS) is 26.0. The van der Waals surface area contributed by atoms with Crippen molar-refractivity contribution in [3.63, 3.8) is 0 Å². The molecule has 0 radical (unpaired) electrons. The second kappa shape index (κ2) is 5.81. The summed E-state index contributed by atoms with van der Waals surface area (Å²) in [4.78, 5) is 16.9. The number of aliphatic hydroxyl groups is 1. The minimum Gasteiger partial charge on any atom is -0.396 e. The molecule has 1 aromatic rings. The van der Waals surface area contributed by atoms with Crippen LogP contribution >= 0.6 is 0 Å². The maximum atomic E-state index is 13.7. The van der Waals surface area contributed by atoms with Gasteiger partial charge < -0.3 is 10.0 Å². The SMILES string of the molecule is Cc1ccc(C(=O)N2CC3(C[C@@H](CO)CN3CC3CC3)C2)cc1F. The van der Waals surface area contributed by atoms with E-state index in [9.17, 15) is 14.3 Å². The van der Waals surface area contributed by atoms with Gasteiger partial charge in [0.1, 0.15) is 5.82 Å². The van der Waals surface area contributed by atoms with Crippen molar-refractivity contribution in [2.45, 2.75) is 31.7 Å². The molecule has 1 aromatic carbocycles. The van der Waals surface area contributed by atoms with Crippen molar-refractivity contribution < 1.29 is 14.3 Å². The Morgan fingerprint density at radius 2 is 2.08 bits per heavy atom. The largest absolute Gasteiger partial charge is 0.396 e. The van der Waals surface area contributed by atoms with E-state index in [1.54, 1.807) is 19.1 Å². The highest BCUT2D eigenvalue weighted by atomic mass is 19.1. The van der Waals surface area contributed by atoms with Crippen molar-refractivity contribution in [2.75, 3.05) is 32.8 Å². The quantitative estimate of drug-likeness (QED) is 0.918. The fourth-order valence-corrected chi connectivity index (χ4v) is 4.28. The summed E-state index contributed by atoms with van der Waals surface area (Å²) in [5.74, 6) is 0.707. The molecule has 4 rings (SSSR count). The molecule has 0 unspecified atom stereocenters. The van der Waals surface area contributed by atoms with Crippen molar-refractivity contribution in [2.24, 2.45) is 11.8 Å². The van der Waals surface area contributed by atoms with Crippen molar-refractivity contribution in [3.05, 3.63) is 35.1 Å². The van der Waals surface area contributed by atoms with Crippen LogP contribution in [-0.4, -0.2) is 59.1 Å².